The van der Waals surface area contributed by atoms with Crippen molar-refractivity contribution in [3.63, 3.8) is 0 Å². The van der Waals surface area contributed by atoms with Crippen LogP contribution in [-0.4, -0.2) is 5.11 Å². The van der Waals surface area contributed by atoms with Gasteiger partial charge in [0.15, 0.2) is 0 Å². The molecule has 1 aliphatic rings. The summed E-state index contributed by atoms with van der Waals surface area (Å²) in [6.07, 6.45) is 1.96. The van der Waals surface area contributed by atoms with E-state index in [0.29, 0.717) is 5.75 Å². The first kappa shape index (κ1) is 14.3. The molecule has 1 unspecified atom stereocenters. The highest BCUT2D eigenvalue weighted by Crippen LogP contribution is 2.43. The molecule has 3 heteroatoms. The van der Waals surface area contributed by atoms with Crippen LogP contribution >= 0.6 is 12.4 Å². The van der Waals surface area contributed by atoms with Gasteiger partial charge in [-0.15, -0.1) is 12.4 Å². The van der Waals surface area contributed by atoms with Crippen LogP contribution in [0.1, 0.15) is 55.5 Å². The highest BCUT2D eigenvalue weighted by Gasteiger charge is 2.29. The number of phenols is 1. The topological polar surface area (TPSA) is 46.2 Å². The van der Waals surface area contributed by atoms with Crippen molar-refractivity contribution < 1.29 is 5.11 Å². The average Bonchev–Trinajstić information content (AvgIpc) is 2.53. The van der Waals surface area contributed by atoms with E-state index >= 15 is 0 Å². The molecule has 17 heavy (non-hydrogen) atoms. The lowest BCUT2D eigenvalue weighted by Gasteiger charge is -2.24. The molecule has 0 radical (unpaired) electrons. The normalized spacial score (nSPS) is 18.8. The number of nitrogens with two attached hydrogens (primary N) is 1. The molecule has 0 heterocycles. The number of hydrogen-bond donors (Lipinski definition) is 2. The molecule has 0 bridgehead atoms. The molecule has 0 aromatic heterocycles. The van der Waals surface area contributed by atoms with Crippen molar-refractivity contribution >= 4 is 12.4 Å². The molecule has 3 N–H and O–H groups in total. The third-order valence-corrected chi connectivity index (χ3v) is 3.56. The highest BCUT2D eigenvalue weighted by molar-refractivity contribution is 5.85. The molecule has 2 rings (SSSR count). The molecule has 0 spiro atoms. The number of benzene rings is 1. The minimum atomic E-state index is -0.0355. The van der Waals surface area contributed by atoms with Crippen molar-refractivity contribution in [1.82, 2.24) is 0 Å². The molecule has 96 valence electrons. The molecular formula is C14H22ClNO. The molecule has 1 atom stereocenters. The van der Waals surface area contributed by atoms with Gasteiger partial charge >= 0.3 is 0 Å². The third kappa shape index (κ3) is 2.29. The van der Waals surface area contributed by atoms with Gasteiger partial charge in [-0.25, -0.2) is 0 Å². The van der Waals surface area contributed by atoms with Gasteiger partial charge in [0.2, 0.25) is 0 Å². The fraction of sp³-hybridized carbons (Fsp3) is 0.571. The van der Waals surface area contributed by atoms with Crippen LogP contribution < -0.4 is 5.73 Å². The molecule has 0 fully saturated rings. The van der Waals surface area contributed by atoms with Crippen LogP contribution in [0, 0.1) is 6.92 Å². The summed E-state index contributed by atoms with van der Waals surface area (Å²) in [4.78, 5) is 0. The Labute approximate surface area is 110 Å². The Morgan fingerprint density at radius 2 is 1.94 bits per heavy atom. The zero-order valence-corrected chi connectivity index (χ0v) is 11.8. The number of rotatable bonds is 0. The summed E-state index contributed by atoms with van der Waals surface area (Å²) in [7, 11) is 0. The van der Waals surface area contributed by atoms with E-state index in [4.69, 9.17) is 5.73 Å². The van der Waals surface area contributed by atoms with E-state index in [0.717, 1.165) is 24.0 Å². The molecule has 0 saturated heterocycles. The number of aromatic hydroxyl groups is 1. The summed E-state index contributed by atoms with van der Waals surface area (Å²) >= 11 is 0. The van der Waals surface area contributed by atoms with Crippen molar-refractivity contribution in [3.8, 4) is 5.75 Å². The van der Waals surface area contributed by atoms with Crippen LogP contribution in [-0.2, 0) is 11.8 Å². The SMILES string of the molecule is Cc1cc(C(C)(C)C)c(O)c2c1CCC2N.Cl. The van der Waals surface area contributed by atoms with Crippen molar-refractivity contribution in [3.05, 3.63) is 28.3 Å². The minimum absolute atomic E-state index is 0. The van der Waals surface area contributed by atoms with Gasteiger partial charge in [0.05, 0.1) is 0 Å². The lowest BCUT2D eigenvalue weighted by atomic mass is 9.82. The summed E-state index contributed by atoms with van der Waals surface area (Å²) in [5, 5.41) is 10.4. The molecule has 0 saturated carbocycles. The van der Waals surface area contributed by atoms with Crippen molar-refractivity contribution in [2.45, 2.75) is 52.0 Å². The Morgan fingerprint density at radius 3 is 2.47 bits per heavy atom. The Kier molecular flexibility index (Phi) is 3.80. The zero-order chi connectivity index (χ0) is 12.1. The molecule has 0 aliphatic heterocycles. The molecular weight excluding hydrogens is 234 g/mol. The van der Waals surface area contributed by atoms with E-state index in [9.17, 15) is 5.11 Å². The van der Waals surface area contributed by atoms with E-state index < -0.39 is 0 Å². The van der Waals surface area contributed by atoms with Gasteiger partial charge in [-0.1, -0.05) is 26.8 Å². The summed E-state index contributed by atoms with van der Waals surface area (Å²) < 4.78 is 0. The second-order valence-electron chi connectivity index (χ2n) is 5.88. The molecule has 2 nitrogen and oxygen atoms in total. The van der Waals surface area contributed by atoms with Gasteiger partial charge in [0.25, 0.3) is 0 Å². The second kappa shape index (κ2) is 4.51. The molecule has 1 aromatic rings. The maximum Gasteiger partial charge on any atom is 0.124 e. The highest BCUT2D eigenvalue weighted by atomic mass is 35.5. The maximum atomic E-state index is 10.4. The van der Waals surface area contributed by atoms with E-state index in [1.54, 1.807) is 0 Å². The molecule has 1 aliphatic carbocycles. The van der Waals surface area contributed by atoms with Gasteiger partial charge < -0.3 is 10.8 Å². The summed E-state index contributed by atoms with van der Waals surface area (Å²) in [6.45, 7) is 8.47. The van der Waals surface area contributed by atoms with E-state index in [2.05, 4.69) is 33.8 Å². The van der Waals surface area contributed by atoms with Crippen molar-refractivity contribution in [2.24, 2.45) is 5.73 Å². The largest absolute Gasteiger partial charge is 0.507 e. The van der Waals surface area contributed by atoms with Gasteiger partial charge in [-0.05, 0) is 41.9 Å². The second-order valence-corrected chi connectivity index (χ2v) is 5.88. The fourth-order valence-corrected chi connectivity index (χ4v) is 2.62. The monoisotopic (exact) mass is 255 g/mol. The minimum Gasteiger partial charge on any atom is -0.507 e. The fourth-order valence-electron chi connectivity index (χ4n) is 2.62. The Balaban J connectivity index is 0.00000144. The van der Waals surface area contributed by atoms with Gasteiger partial charge in [0.1, 0.15) is 5.75 Å². The predicted molar refractivity (Wildman–Crippen MR) is 74.0 cm³/mol. The van der Waals surface area contributed by atoms with Crippen molar-refractivity contribution in [2.75, 3.05) is 0 Å². The lowest BCUT2D eigenvalue weighted by molar-refractivity contribution is 0.436. The number of phenolic OH excluding ortho intramolecular Hbond substituents is 1. The molecule has 0 amide bonds. The van der Waals surface area contributed by atoms with E-state index in [1.807, 2.05) is 0 Å². The van der Waals surface area contributed by atoms with Gasteiger partial charge in [0, 0.05) is 11.6 Å². The summed E-state index contributed by atoms with van der Waals surface area (Å²) in [5.41, 5.74) is 10.6. The predicted octanol–water partition coefficient (Wildman–Crippen LogP) is 3.37. The Hall–Kier alpha value is -0.730. The number of fused-ring (bicyclic) bond motifs is 1. The number of hydrogen-bond acceptors (Lipinski definition) is 2. The van der Waals surface area contributed by atoms with Crippen LogP contribution in [0.2, 0.25) is 0 Å². The standard InChI is InChI=1S/C14H21NO.ClH/c1-8-7-10(14(2,3)4)13(16)12-9(8)5-6-11(12)15;/h7,11,16H,5-6,15H2,1-4H3;1H. The van der Waals surface area contributed by atoms with E-state index in [1.165, 1.54) is 11.1 Å². The van der Waals surface area contributed by atoms with Crippen LogP contribution in [0.3, 0.4) is 0 Å². The zero-order valence-electron chi connectivity index (χ0n) is 11.0. The number of aryl methyl sites for hydroxylation is 1. The lowest BCUT2D eigenvalue weighted by Crippen LogP contribution is -2.14. The van der Waals surface area contributed by atoms with E-state index in [-0.39, 0.29) is 23.9 Å². The number of halogens is 1. The van der Waals surface area contributed by atoms with Crippen LogP contribution in [0.5, 0.6) is 5.75 Å². The first-order valence-electron chi connectivity index (χ1n) is 5.93. The quantitative estimate of drug-likeness (QED) is 0.747. The van der Waals surface area contributed by atoms with Gasteiger partial charge in [-0.3, -0.25) is 0 Å². The Bertz CT molecular complexity index is 435. The van der Waals surface area contributed by atoms with Crippen molar-refractivity contribution in [1.29, 1.82) is 0 Å². The first-order valence-corrected chi connectivity index (χ1v) is 5.93. The Morgan fingerprint density at radius 1 is 1.35 bits per heavy atom. The first-order chi connectivity index (χ1) is 7.32. The summed E-state index contributed by atoms with van der Waals surface area (Å²) in [6, 6.07) is 2.13. The van der Waals surface area contributed by atoms with Crippen LogP contribution in [0.15, 0.2) is 6.07 Å². The van der Waals surface area contributed by atoms with Crippen LogP contribution in [0.4, 0.5) is 0 Å². The average molecular weight is 256 g/mol. The smallest absolute Gasteiger partial charge is 0.124 e. The van der Waals surface area contributed by atoms with Gasteiger partial charge in [-0.2, -0.15) is 0 Å². The molecule has 1 aromatic carbocycles. The van der Waals surface area contributed by atoms with Crippen LogP contribution in [0.25, 0.3) is 0 Å². The third-order valence-electron chi connectivity index (χ3n) is 3.56. The maximum absolute atomic E-state index is 10.4. The summed E-state index contributed by atoms with van der Waals surface area (Å²) in [5.74, 6) is 0.429.